The Morgan fingerprint density at radius 3 is 2.67 bits per heavy atom. The molecule has 1 aromatic carbocycles. The van der Waals surface area contributed by atoms with Crippen LogP contribution in [0.3, 0.4) is 0 Å². The lowest BCUT2D eigenvalue weighted by molar-refractivity contribution is -0.142. The molecule has 0 saturated carbocycles. The Hall–Kier alpha value is -1.75. The Balaban J connectivity index is 1.64. The average molecular weight is 290 g/mol. The summed E-state index contributed by atoms with van der Waals surface area (Å²) in [6.07, 6.45) is 0.828. The fourth-order valence-electron chi connectivity index (χ4n) is 3.09. The third kappa shape index (κ3) is 2.97. The van der Waals surface area contributed by atoms with Crippen molar-refractivity contribution in [3.05, 3.63) is 24.3 Å². The molecule has 0 bridgehead atoms. The van der Waals surface area contributed by atoms with Gasteiger partial charge in [-0.25, -0.2) is 0 Å². The molecule has 0 aliphatic carbocycles. The van der Waals surface area contributed by atoms with Crippen molar-refractivity contribution in [2.45, 2.75) is 19.4 Å². The quantitative estimate of drug-likeness (QED) is 0.787. The van der Waals surface area contributed by atoms with Crippen LogP contribution in [0.2, 0.25) is 0 Å². The molecule has 0 aromatic heterocycles. The van der Waals surface area contributed by atoms with E-state index in [-0.39, 0.29) is 12.0 Å². The first-order valence-corrected chi connectivity index (χ1v) is 7.67. The molecule has 2 heterocycles. The van der Waals surface area contributed by atoms with Gasteiger partial charge in [0.05, 0.1) is 18.9 Å². The van der Waals surface area contributed by atoms with Gasteiger partial charge in [-0.3, -0.25) is 9.69 Å². The molecule has 21 heavy (non-hydrogen) atoms. The molecular formula is C16H22N2O3. The van der Waals surface area contributed by atoms with Gasteiger partial charge >= 0.3 is 5.97 Å². The van der Waals surface area contributed by atoms with Gasteiger partial charge in [0.2, 0.25) is 0 Å². The van der Waals surface area contributed by atoms with Crippen LogP contribution >= 0.6 is 0 Å². The standard InChI is InChI=1S/C16H22N2O3/c1-2-20-15-6-4-3-5-13(15)17-8-10-18(11-9-17)14-7-12-21-16(14)19/h3-6,14H,2,7-12H2,1H3. The van der Waals surface area contributed by atoms with Gasteiger partial charge in [0.1, 0.15) is 11.8 Å². The van der Waals surface area contributed by atoms with Gasteiger partial charge in [-0.15, -0.1) is 0 Å². The largest absolute Gasteiger partial charge is 0.492 e. The van der Waals surface area contributed by atoms with E-state index in [1.165, 1.54) is 0 Å². The second-order valence-corrected chi connectivity index (χ2v) is 5.40. The van der Waals surface area contributed by atoms with Crippen molar-refractivity contribution in [2.75, 3.05) is 44.3 Å². The van der Waals surface area contributed by atoms with Crippen molar-refractivity contribution in [3.8, 4) is 5.75 Å². The summed E-state index contributed by atoms with van der Waals surface area (Å²) in [7, 11) is 0. The van der Waals surface area contributed by atoms with Gasteiger partial charge in [-0.1, -0.05) is 12.1 Å². The van der Waals surface area contributed by atoms with Gasteiger partial charge in [-0.2, -0.15) is 0 Å². The van der Waals surface area contributed by atoms with Crippen LogP contribution in [0.25, 0.3) is 0 Å². The fraction of sp³-hybridized carbons (Fsp3) is 0.562. The van der Waals surface area contributed by atoms with Crippen molar-refractivity contribution >= 4 is 11.7 Å². The van der Waals surface area contributed by atoms with Crippen LogP contribution in [0.1, 0.15) is 13.3 Å². The normalized spacial score (nSPS) is 23.2. The molecule has 1 unspecified atom stereocenters. The highest BCUT2D eigenvalue weighted by Crippen LogP contribution is 2.29. The van der Waals surface area contributed by atoms with Gasteiger partial charge in [0.25, 0.3) is 0 Å². The van der Waals surface area contributed by atoms with Crippen LogP contribution in [-0.4, -0.2) is 56.3 Å². The predicted octanol–water partition coefficient (Wildman–Crippen LogP) is 1.52. The molecule has 0 radical (unpaired) electrons. The summed E-state index contributed by atoms with van der Waals surface area (Å²) in [6.45, 7) is 6.84. The van der Waals surface area contributed by atoms with Crippen molar-refractivity contribution in [1.82, 2.24) is 4.90 Å². The predicted molar refractivity (Wildman–Crippen MR) is 80.8 cm³/mol. The Morgan fingerprint density at radius 2 is 2.00 bits per heavy atom. The molecule has 0 amide bonds. The van der Waals surface area contributed by atoms with E-state index in [4.69, 9.17) is 9.47 Å². The lowest BCUT2D eigenvalue weighted by Gasteiger charge is -2.38. The van der Waals surface area contributed by atoms with E-state index in [0.29, 0.717) is 13.2 Å². The van der Waals surface area contributed by atoms with Crippen molar-refractivity contribution in [1.29, 1.82) is 0 Å². The number of nitrogens with zero attached hydrogens (tertiary/aromatic N) is 2. The summed E-state index contributed by atoms with van der Waals surface area (Å²) in [4.78, 5) is 16.2. The van der Waals surface area contributed by atoms with Crippen molar-refractivity contribution in [2.24, 2.45) is 0 Å². The number of esters is 1. The zero-order valence-corrected chi connectivity index (χ0v) is 12.5. The maximum absolute atomic E-state index is 11.7. The topological polar surface area (TPSA) is 42.0 Å². The highest BCUT2D eigenvalue weighted by molar-refractivity contribution is 5.77. The Bertz CT molecular complexity index is 498. The number of piperazine rings is 1. The average Bonchev–Trinajstić information content (AvgIpc) is 2.95. The maximum atomic E-state index is 11.7. The smallest absolute Gasteiger partial charge is 0.323 e. The number of ether oxygens (including phenoxy) is 2. The molecule has 2 aliphatic heterocycles. The van der Waals surface area contributed by atoms with E-state index in [0.717, 1.165) is 44.0 Å². The zero-order chi connectivity index (χ0) is 14.7. The highest BCUT2D eigenvalue weighted by atomic mass is 16.5. The summed E-state index contributed by atoms with van der Waals surface area (Å²) in [5.74, 6) is 0.881. The Kier molecular flexibility index (Phi) is 4.29. The SMILES string of the molecule is CCOc1ccccc1N1CCN(C2CCOC2=O)CC1. The molecule has 0 spiro atoms. The first kappa shape index (κ1) is 14.2. The van der Waals surface area contributed by atoms with Crippen LogP contribution in [-0.2, 0) is 9.53 Å². The van der Waals surface area contributed by atoms with E-state index in [2.05, 4.69) is 15.9 Å². The second kappa shape index (κ2) is 6.35. The van der Waals surface area contributed by atoms with Gasteiger partial charge in [-0.05, 0) is 19.1 Å². The summed E-state index contributed by atoms with van der Waals surface area (Å²) in [5.41, 5.74) is 1.15. The molecular weight excluding hydrogens is 268 g/mol. The highest BCUT2D eigenvalue weighted by Gasteiger charge is 2.34. The van der Waals surface area contributed by atoms with Gasteiger partial charge < -0.3 is 14.4 Å². The third-order valence-electron chi connectivity index (χ3n) is 4.17. The number of rotatable bonds is 4. The Labute approximate surface area is 125 Å². The molecule has 2 saturated heterocycles. The lowest BCUT2D eigenvalue weighted by Crippen LogP contribution is -2.51. The number of cyclic esters (lactones) is 1. The number of para-hydroxylation sites is 2. The molecule has 1 atom stereocenters. The Morgan fingerprint density at radius 1 is 1.24 bits per heavy atom. The first-order valence-electron chi connectivity index (χ1n) is 7.67. The number of hydrogen-bond acceptors (Lipinski definition) is 5. The summed E-state index contributed by atoms with van der Waals surface area (Å²) in [5, 5.41) is 0. The molecule has 3 rings (SSSR count). The summed E-state index contributed by atoms with van der Waals surface area (Å²) < 4.78 is 10.8. The van der Waals surface area contributed by atoms with Crippen molar-refractivity contribution < 1.29 is 14.3 Å². The van der Waals surface area contributed by atoms with Crippen LogP contribution in [0.4, 0.5) is 5.69 Å². The van der Waals surface area contributed by atoms with E-state index in [1.54, 1.807) is 0 Å². The van der Waals surface area contributed by atoms with Crippen molar-refractivity contribution in [3.63, 3.8) is 0 Å². The van der Waals surface area contributed by atoms with Gasteiger partial charge in [0, 0.05) is 32.6 Å². The van der Waals surface area contributed by atoms with E-state index < -0.39 is 0 Å². The summed E-state index contributed by atoms with van der Waals surface area (Å²) >= 11 is 0. The molecule has 114 valence electrons. The summed E-state index contributed by atoms with van der Waals surface area (Å²) in [6, 6.07) is 8.12. The molecule has 2 aliphatic rings. The molecule has 5 nitrogen and oxygen atoms in total. The van der Waals surface area contributed by atoms with E-state index in [1.807, 2.05) is 25.1 Å². The van der Waals surface area contributed by atoms with Crippen LogP contribution in [0.15, 0.2) is 24.3 Å². The fourth-order valence-corrected chi connectivity index (χ4v) is 3.09. The first-order chi connectivity index (χ1) is 10.3. The maximum Gasteiger partial charge on any atom is 0.323 e. The minimum Gasteiger partial charge on any atom is -0.492 e. The zero-order valence-electron chi connectivity index (χ0n) is 12.5. The number of benzene rings is 1. The number of carbonyl (C=O) groups excluding carboxylic acids is 1. The molecule has 0 N–H and O–H groups in total. The monoisotopic (exact) mass is 290 g/mol. The van der Waals surface area contributed by atoms with Crippen LogP contribution < -0.4 is 9.64 Å². The van der Waals surface area contributed by atoms with E-state index >= 15 is 0 Å². The van der Waals surface area contributed by atoms with Crippen LogP contribution in [0.5, 0.6) is 5.75 Å². The lowest BCUT2D eigenvalue weighted by atomic mass is 10.1. The second-order valence-electron chi connectivity index (χ2n) is 5.40. The molecule has 2 fully saturated rings. The molecule has 1 aromatic rings. The third-order valence-corrected chi connectivity index (χ3v) is 4.17. The number of carbonyl (C=O) groups is 1. The minimum absolute atomic E-state index is 0.0331. The molecule has 5 heteroatoms. The van der Waals surface area contributed by atoms with Crippen LogP contribution in [0, 0.1) is 0 Å². The minimum atomic E-state index is -0.0573. The van der Waals surface area contributed by atoms with E-state index in [9.17, 15) is 4.79 Å². The number of anilines is 1. The number of hydrogen-bond donors (Lipinski definition) is 0. The van der Waals surface area contributed by atoms with Gasteiger partial charge in [0.15, 0.2) is 0 Å².